The van der Waals surface area contributed by atoms with Gasteiger partial charge in [-0.25, -0.2) is 0 Å². The Balaban J connectivity index is 2.59. The lowest BCUT2D eigenvalue weighted by atomic mass is 10.3. The van der Waals surface area contributed by atoms with Gasteiger partial charge in [0.05, 0.1) is 12.2 Å². The van der Waals surface area contributed by atoms with E-state index in [0.717, 1.165) is 0 Å². The van der Waals surface area contributed by atoms with Crippen molar-refractivity contribution in [3.05, 3.63) is 24.3 Å². The molecule has 0 aliphatic heterocycles. The van der Waals surface area contributed by atoms with E-state index in [9.17, 15) is 8.78 Å². The Labute approximate surface area is 111 Å². The molecule has 1 aromatic carbocycles. The number of para-hydroxylation sites is 2. The first kappa shape index (κ1) is 15.7. The molecule has 0 spiro atoms. The molecule has 0 aromatic heterocycles. The second kappa shape index (κ2) is 8.66. The fourth-order valence-corrected chi connectivity index (χ4v) is 1.54. The van der Waals surface area contributed by atoms with Gasteiger partial charge in [-0.1, -0.05) is 12.1 Å². The van der Waals surface area contributed by atoms with Crippen molar-refractivity contribution in [3.8, 4) is 5.75 Å². The lowest BCUT2D eigenvalue weighted by molar-refractivity contribution is -0.126. The minimum absolute atomic E-state index is 0.101. The van der Waals surface area contributed by atoms with Gasteiger partial charge in [0.25, 0.3) is 0 Å². The maximum atomic E-state index is 12.2. The smallest absolute Gasteiger partial charge is 0.387 e. The lowest BCUT2D eigenvalue weighted by Gasteiger charge is -2.19. The van der Waals surface area contributed by atoms with E-state index in [1.165, 1.54) is 6.07 Å². The molecule has 0 saturated carbocycles. The first-order valence-electron chi connectivity index (χ1n) is 6.18. The Bertz CT molecular complexity index is 357. The quantitative estimate of drug-likeness (QED) is 0.703. The van der Waals surface area contributed by atoms with Crippen molar-refractivity contribution in [3.63, 3.8) is 0 Å². The number of anilines is 1. The molecule has 108 valence electrons. The minimum atomic E-state index is -2.85. The summed E-state index contributed by atoms with van der Waals surface area (Å²) in [5.41, 5.74) is 0.479. The van der Waals surface area contributed by atoms with Gasteiger partial charge in [0, 0.05) is 13.2 Å². The van der Waals surface area contributed by atoms with Crippen molar-refractivity contribution in [1.29, 1.82) is 0 Å². The Morgan fingerprint density at radius 2 is 1.74 bits per heavy atom. The number of hydrogen-bond donors (Lipinski definition) is 1. The summed E-state index contributed by atoms with van der Waals surface area (Å²) in [4.78, 5) is 0. The summed E-state index contributed by atoms with van der Waals surface area (Å²) in [5.74, 6) is 0.101. The summed E-state index contributed by atoms with van der Waals surface area (Å²) in [6, 6.07) is 6.50. The summed E-state index contributed by atoms with van der Waals surface area (Å²) in [6.45, 7) is 2.26. The highest BCUT2D eigenvalue weighted by Gasteiger charge is 2.11. The largest absolute Gasteiger partial charge is 0.433 e. The topological polar surface area (TPSA) is 39.7 Å². The Hall–Kier alpha value is -1.40. The number of rotatable bonds is 9. The van der Waals surface area contributed by atoms with E-state index in [2.05, 4.69) is 10.1 Å². The first-order chi connectivity index (χ1) is 9.17. The van der Waals surface area contributed by atoms with Gasteiger partial charge >= 0.3 is 6.61 Å². The van der Waals surface area contributed by atoms with E-state index in [1.807, 2.05) is 13.8 Å². The highest BCUT2D eigenvalue weighted by molar-refractivity contribution is 5.56. The van der Waals surface area contributed by atoms with Gasteiger partial charge in [-0.2, -0.15) is 8.78 Å². The molecule has 1 aromatic rings. The Kier molecular flexibility index (Phi) is 7.14. The van der Waals surface area contributed by atoms with Gasteiger partial charge in [-0.3, -0.25) is 0 Å². The standard InChI is InChI=1S/C13H19F2NO3/c1-3-17-12(18-4-2)9-16-10-7-5-6-8-11(10)19-13(14)15/h5-8,12-13,16H,3-4,9H2,1-2H3. The summed E-state index contributed by atoms with van der Waals surface area (Å²) in [6.07, 6.45) is -0.422. The van der Waals surface area contributed by atoms with Crippen LogP contribution in [0, 0.1) is 0 Å². The van der Waals surface area contributed by atoms with Crippen LogP contribution in [-0.2, 0) is 9.47 Å². The fraction of sp³-hybridized carbons (Fsp3) is 0.538. The van der Waals surface area contributed by atoms with Crippen LogP contribution in [0.4, 0.5) is 14.5 Å². The van der Waals surface area contributed by atoms with E-state index >= 15 is 0 Å². The average Bonchev–Trinajstić information content (AvgIpc) is 2.37. The van der Waals surface area contributed by atoms with Crippen LogP contribution in [0.15, 0.2) is 24.3 Å². The molecule has 6 heteroatoms. The van der Waals surface area contributed by atoms with Crippen LogP contribution in [-0.4, -0.2) is 32.7 Å². The highest BCUT2D eigenvalue weighted by atomic mass is 19.3. The highest BCUT2D eigenvalue weighted by Crippen LogP contribution is 2.25. The monoisotopic (exact) mass is 275 g/mol. The molecule has 0 atom stereocenters. The van der Waals surface area contributed by atoms with Crippen molar-refractivity contribution >= 4 is 5.69 Å². The maximum Gasteiger partial charge on any atom is 0.387 e. The Morgan fingerprint density at radius 1 is 1.11 bits per heavy atom. The third-order valence-electron chi connectivity index (χ3n) is 2.27. The lowest BCUT2D eigenvalue weighted by Crippen LogP contribution is -2.26. The molecule has 19 heavy (non-hydrogen) atoms. The van der Waals surface area contributed by atoms with Gasteiger partial charge < -0.3 is 19.5 Å². The van der Waals surface area contributed by atoms with E-state index in [4.69, 9.17) is 9.47 Å². The van der Waals surface area contributed by atoms with Crippen LogP contribution in [0.3, 0.4) is 0 Å². The van der Waals surface area contributed by atoms with Crippen LogP contribution >= 0.6 is 0 Å². The van der Waals surface area contributed by atoms with Gasteiger partial charge in [0.15, 0.2) is 6.29 Å². The molecule has 0 aliphatic rings. The van der Waals surface area contributed by atoms with Gasteiger partial charge in [-0.15, -0.1) is 0 Å². The first-order valence-corrected chi connectivity index (χ1v) is 6.18. The second-order valence-corrected chi connectivity index (χ2v) is 3.60. The zero-order valence-electron chi connectivity index (χ0n) is 11.1. The SMILES string of the molecule is CCOC(CNc1ccccc1OC(F)F)OCC. The number of benzene rings is 1. The number of ether oxygens (including phenoxy) is 3. The fourth-order valence-electron chi connectivity index (χ4n) is 1.54. The summed E-state index contributed by atoms with van der Waals surface area (Å²) >= 11 is 0. The zero-order valence-corrected chi connectivity index (χ0v) is 11.1. The minimum Gasteiger partial charge on any atom is -0.433 e. The molecule has 4 nitrogen and oxygen atoms in total. The molecular weight excluding hydrogens is 256 g/mol. The number of halogens is 2. The maximum absolute atomic E-state index is 12.2. The molecule has 1 rings (SSSR count). The summed E-state index contributed by atoms with van der Waals surface area (Å²) in [7, 11) is 0. The molecule has 0 fully saturated rings. The van der Waals surface area contributed by atoms with Gasteiger partial charge in [0.1, 0.15) is 5.75 Å². The second-order valence-electron chi connectivity index (χ2n) is 3.60. The molecule has 0 saturated heterocycles. The summed E-state index contributed by atoms with van der Waals surface area (Å²) < 4.78 is 39.6. The molecule has 0 amide bonds. The average molecular weight is 275 g/mol. The van der Waals surface area contributed by atoms with Gasteiger partial charge in [-0.05, 0) is 26.0 Å². The summed E-state index contributed by atoms with van der Waals surface area (Å²) in [5, 5.41) is 2.98. The van der Waals surface area contributed by atoms with Crippen LogP contribution < -0.4 is 10.1 Å². The predicted molar refractivity (Wildman–Crippen MR) is 68.6 cm³/mol. The molecule has 0 radical (unpaired) electrons. The van der Waals surface area contributed by atoms with E-state index in [1.54, 1.807) is 18.2 Å². The number of hydrogen-bond acceptors (Lipinski definition) is 4. The van der Waals surface area contributed by atoms with Crippen LogP contribution in [0.2, 0.25) is 0 Å². The van der Waals surface area contributed by atoms with Crippen LogP contribution in [0.1, 0.15) is 13.8 Å². The van der Waals surface area contributed by atoms with Crippen molar-refractivity contribution in [1.82, 2.24) is 0 Å². The normalized spacial score (nSPS) is 11.1. The molecule has 0 aliphatic carbocycles. The third kappa shape index (κ3) is 5.85. The zero-order chi connectivity index (χ0) is 14.1. The molecule has 0 heterocycles. The molecule has 0 unspecified atom stereocenters. The van der Waals surface area contributed by atoms with Crippen molar-refractivity contribution in [2.75, 3.05) is 25.1 Å². The van der Waals surface area contributed by atoms with Crippen LogP contribution in [0.5, 0.6) is 5.75 Å². The molecular formula is C13H19F2NO3. The van der Waals surface area contributed by atoms with Gasteiger partial charge in [0.2, 0.25) is 0 Å². The molecule has 0 bridgehead atoms. The van der Waals surface area contributed by atoms with E-state index in [0.29, 0.717) is 25.4 Å². The van der Waals surface area contributed by atoms with Crippen LogP contribution in [0.25, 0.3) is 0 Å². The number of nitrogens with one attached hydrogen (secondary N) is 1. The third-order valence-corrected chi connectivity index (χ3v) is 2.27. The number of alkyl halides is 2. The van der Waals surface area contributed by atoms with E-state index < -0.39 is 12.9 Å². The van der Waals surface area contributed by atoms with Crippen molar-refractivity contribution in [2.24, 2.45) is 0 Å². The molecule has 1 N–H and O–H groups in total. The van der Waals surface area contributed by atoms with Crippen molar-refractivity contribution in [2.45, 2.75) is 26.7 Å². The Morgan fingerprint density at radius 3 is 2.32 bits per heavy atom. The van der Waals surface area contributed by atoms with Crippen molar-refractivity contribution < 1.29 is 23.0 Å². The van der Waals surface area contributed by atoms with E-state index in [-0.39, 0.29) is 5.75 Å². The predicted octanol–water partition coefficient (Wildman–Crippen LogP) is 3.10.